The van der Waals surface area contributed by atoms with Gasteiger partial charge in [0.1, 0.15) is 0 Å². The van der Waals surface area contributed by atoms with Crippen LogP contribution in [0.4, 0.5) is 0 Å². The first-order chi connectivity index (χ1) is 3.84. The highest BCUT2D eigenvalue weighted by Gasteiger charge is 2.19. The van der Waals surface area contributed by atoms with Gasteiger partial charge in [0.05, 0.1) is 5.92 Å². The van der Waals surface area contributed by atoms with Crippen molar-refractivity contribution in [3.8, 4) is 0 Å². The molecule has 1 heterocycles. The molecule has 2 heteroatoms. The summed E-state index contributed by atoms with van der Waals surface area (Å²) in [5, 5.41) is 2.71. The quantitative estimate of drug-likeness (QED) is 0.485. The minimum absolute atomic E-state index is 0.0787. The van der Waals surface area contributed by atoms with Crippen LogP contribution in [-0.4, -0.2) is 12.5 Å². The molecule has 0 spiro atoms. The molecule has 44 valence electrons. The lowest BCUT2D eigenvalue weighted by Gasteiger charge is -1.93. The summed E-state index contributed by atoms with van der Waals surface area (Å²) in [5.74, 6) is 0.204. The van der Waals surface area contributed by atoms with Crippen molar-refractivity contribution in [3.05, 3.63) is 12.7 Å². The van der Waals surface area contributed by atoms with E-state index in [1.807, 2.05) is 0 Å². The molecule has 0 aromatic heterocycles. The molecule has 1 aliphatic rings. The van der Waals surface area contributed by atoms with E-state index in [4.69, 9.17) is 0 Å². The molecule has 1 N–H and O–H groups in total. The maximum Gasteiger partial charge on any atom is 0.226 e. The molecule has 0 aliphatic carbocycles. The Morgan fingerprint density at radius 3 is 2.88 bits per heavy atom. The van der Waals surface area contributed by atoms with Gasteiger partial charge in [0.25, 0.3) is 0 Å². The first-order valence-electron chi connectivity index (χ1n) is 2.75. The Hall–Kier alpha value is -0.790. The molecular formula is C6H9NO. The highest BCUT2D eigenvalue weighted by molar-refractivity contribution is 5.82. The predicted molar refractivity (Wildman–Crippen MR) is 31.3 cm³/mol. The molecule has 8 heavy (non-hydrogen) atoms. The first kappa shape index (κ1) is 5.35. The van der Waals surface area contributed by atoms with Crippen molar-refractivity contribution in [1.82, 2.24) is 5.32 Å². The Morgan fingerprint density at radius 2 is 2.62 bits per heavy atom. The van der Waals surface area contributed by atoms with Crippen molar-refractivity contribution < 1.29 is 4.79 Å². The van der Waals surface area contributed by atoms with Gasteiger partial charge in [0.15, 0.2) is 0 Å². The minimum Gasteiger partial charge on any atom is -0.356 e. The molecule has 0 aromatic rings. The zero-order chi connectivity index (χ0) is 5.98. The van der Waals surface area contributed by atoms with Crippen molar-refractivity contribution in [2.45, 2.75) is 6.42 Å². The number of rotatable bonds is 1. The largest absolute Gasteiger partial charge is 0.356 e. The SMILES string of the molecule is C=C[C@H]1CCNC1=O. The molecule has 1 saturated heterocycles. The summed E-state index contributed by atoms with van der Waals surface area (Å²) < 4.78 is 0. The summed E-state index contributed by atoms with van der Waals surface area (Å²) in [4.78, 5) is 10.6. The van der Waals surface area contributed by atoms with Crippen LogP contribution in [0.1, 0.15) is 6.42 Å². The summed E-state index contributed by atoms with van der Waals surface area (Å²) in [6.45, 7) is 4.35. The van der Waals surface area contributed by atoms with Gasteiger partial charge in [-0.25, -0.2) is 0 Å². The van der Waals surface area contributed by atoms with E-state index in [0.717, 1.165) is 13.0 Å². The molecule has 1 rings (SSSR count). The summed E-state index contributed by atoms with van der Waals surface area (Å²) in [7, 11) is 0. The molecule has 0 unspecified atom stereocenters. The van der Waals surface area contributed by atoms with Gasteiger partial charge in [-0.3, -0.25) is 4.79 Å². The second kappa shape index (κ2) is 1.99. The molecule has 2 nitrogen and oxygen atoms in total. The summed E-state index contributed by atoms with van der Waals surface area (Å²) in [6.07, 6.45) is 2.62. The number of hydrogen-bond acceptors (Lipinski definition) is 1. The Balaban J connectivity index is 2.54. The van der Waals surface area contributed by atoms with E-state index in [-0.39, 0.29) is 11.8 Å². The van der Waals surface area contributed by atoms with Gasteiger partial charge in [-0.1, -0.05) is 6.08 Å². The zero-order valence-corrected chi connectivity index (χ0v) is 4.68. The normalized spacial score (nSPS) is 27.5. The fourth-order valence-electron chi connectivity index (χ4n) is 0.838. The van der Waals surface area contributed by atoms with Crippen LogP contribution in [-0.2, 0) is 4.79 Å². The first-order valence-corrected chi connectivity index (χ1v) is 2.75. The highest BCUT2D eigenvalue weighted by Crippen LogP contribution is 2.08. The van der Waals surface area contributed by atoms with Crippen LogP contribution in [0.25, 0.3) is 0 Å². The van der Waals surface area contributed by atoms with E-state index in [0.29, 0.717) is 0 Å². The smallest absolute Gasteiger partial charge is 0.226 e. The van der Waals surface area contributed by atoms with Crippen LogP contribution in [0, 0.1) is 5.92 Å². The average Bonchev–Trinajstić information content (AvgIpc) is 2.14. The fourth-order valence-corrected chi connectivity index (χ4v) is 0.838. The molecule has 1 amide bonds. The van der Waals surface area contributed by atoms with E-state index in [2.05, 4.69) is 11.9 Å². The van der Waals surface area contributed by atoms with Crippen molar-refractivity contribution in [2.24, 2.45) is 5.92 Å². The number of carbonyl (C=O) groups is 1. The molecule has 0 saturated carbocycles. The third kappa shape index (κ3) is 0.735. The van der Waals surface area contributed by atoms with Gasteiger partial charge in [0.2, 0.25) is 5.91 Å². The topological polar surface area (TPSA) is 29.1 Å². The lowest BCUT2D eigenvalue weighted by molar-refractivity contribution is -0.121. The van der Waals surface area contributed by atoms with E-state index >= 15 is 0 Å². The van der Waals surface area contributed by atoms with Gasteiger partial charge >= 0.3 is 0 Å². The lowest BCUT2D eigenvalue weighted by Crippen LogP contribution is -2.17. The van der Waals surface area contributed by atoms with Gasteiger partial charge in [0, 0.05) is 6.54 Å². The molecule has 0 radical (unpaired) electrons. The molecule has 0 aromatic carbocycles. The lowest BCUT2D eigenvalue weighted by atomic mass is 10.1. The summed E-state index contributed by atoms with van der Waals surface area (Å²) in [6, 6.07) is 0. The zero-order valence-electron chi connectivity index (χ0n) is 4.68. The van der Waals surface area contributed by atoms with Crippen LogP contribution < -0.4 is 5.32 Å². The van der Waals surface area contributed by atoms with Crippen LogP contribution in [0.15, 0.2) is 12.7 Å². The Bertz CT molecular complexity index is 120. The van der Waals surface area contributed by atoms with Crippen LogP contribution >= 0.6 is 0 Å². The van der Waals surface area contributed by atoms with Gasteiger partial charge in [-0.15, -0.1) is 6.58 Å². The number of carbonyl (C=O) groups excluding carboxylic acids is 1. The average molecular weight is 111 g/mol. The third-order valence-electron chi connectivity index (χ3n) is 1.38. The minimum atomic E-state index is 0.0787. The molecular weight excluding hydrogens is 102 g/mol. The van der Waals surface area contributed by atoms with Gasteiger partial charge in [-0.05, 0) is 6.42 Å². The van der Waals surface area contributed by atoms with Crippen molar-refractivity contribution in [1.29, 1.82) is 0 Å². The van der Waals surface area contributed by atoms with E-state index in [1.165, 1.54) is 0 Å². The van der Waals surface area contributed by atoms with Crippen molar-refractivity contribution in [2.75, 3.05) is 6.54 Å². The van der Waals surface area contributed by atoms with Crippen molar-refractivity contribution in [3.63, 3.8) is 0 Å². The molecule has 1 aliphatic heterocycles. The maximum absolute atomic E-state index is 10.6. The second-order valence-corrected chi connectivity index (χ2v) is 1.92. The molecule has 1 fully saturated rings. The van der Waals surface area contributed by atoms with Crippen LogP contribution in [0.5, 0.6) is 0 Å². The van der Waals surface area contributed by atoms with E-state index < -0.39 is 0 Å². The standard InChI is InChI=1S/C6H9NO/c1-2-5-3-4-7-6(5)8/h2,5H,1,3-4H2,(H,7,8)/t5-/m0/s1. The number of amides is 1. The van der Waals surface area contributed by atoms with E-state index in [9.17, 15) is 4.79 Å². The second-order valence-electron chi connectivity index (χ2n) is 1.92. The van der Waals surface area contributed by atoms with Gasteiger partial charge in [-0.2, -0.15) is 0 Å². The Labute approximate surface area is 48.6 Å². The van der Waals surface area contributed by atoms with Crippen LogP contribution in [0.3, 0.4) is 0 Å². The van der Waals surface area contributed by atoms with Crippen molar-refractivity contribution >= 4 is 5.91 Å². The highest BCUT2D eigenvalue weighted by atomic mass is 16.2. The number of nitrogens with one attached hydrogen (secondary N) is 1. The van der Waals surface area contributed by atoms with Crippen LogP contribution in [0.2, 0.25) is 0 Å². The third-order valence-corrected chi connectivity index (χ3v) is 1.38. The molecule has 1 atom stereocenters. The van der Waals surface area contributed by atoms with Gasteiger partial charge < -0.3 is 5.32 Å². The monoisotopic (exact) mass is 111 g/mol. The Kier molecular flexibility index (Phi) is 1.33. The molecule has 0 bridgehead atoms. The number of hydrogen-bond donors (Lipinski definition) is 1. The maximum atomic E-state index is 10.6. The van der Waals surface area contributed by atoms with E-state index in [1.54, 1.807) is 6.08 Å². The predicted octanol–water partition coefficient (Wildman–Crippen LogP) is 0.309. The summed E-state index contributed by atoms with van der Waals surface area (Å²) >= 11 is 0. The Morgan fingerprint density at radius 1 is 1.88 bits per heavy atom. The summed E-state index contributed by atoms with van der Waals surface area (Å²) in [5.41, 5.74) is 0. The fraction of sp³-hybridized carbons (Fsp3) is 0.500.